The van der Waals surface area contributed by atoms with Crippen LogP contribution in [0.3, 0.4) is 0 Å². The topological polar surface area (TPSA) is 38.9 Å². The van der Waals surface area contributed by atoms with Gasteiger partial charge in [0.15, 0.2) is 11.7 Å². The summed E-state index contributed by atoms with van der Waals surface area (Å²) in [6.07, 6.45) is 10.1. The predicted molar refractivity (Wildman–Crippen MR) is 91.8 cm³/mol. The fourth-order valence-electron chi connectivity index (χ4n) is 4.14. The number of oxazole rings is 1. The van der Waals surface area contributed by atoms with E-state index in [0.717, 1.165) is 42.2 Å². The van der Waals surface area contributed by atoms with E-state index in [1.807, 2.05) is 0 Å². The van der Waals surface area contributed by atoms with Gasteiger partial charge in [0.05, 0.1) is 11.8 Å². The van der Waals surface area contributed by atoms with Crippen molar-refractivity contribution >= 4 is 11.6 Å². The summed E-state index contributed by atoms with van der Waals surface area (Å²) in [5.41, 5.74) is 3.68. The van der Waals surface area contributed by atoms with Crippen LogP contribution in [0.4, 0.5) is 0 Å². The van der Waals surface area contributed by atoms with Crippen LogP contribution in [0.2, 0.25) is 5.15 Å². The van der Waals surface area contributed by atoms with Crippen LogP contribution in [0, 0.1) is 5.41 Å². The molecule has 1 atom stereocenters. The Labute approximate surface area is 142 Å². The molecule has 2 aliphatic carbocycles. The molecule has 0 aromatic carbocycles. The van der Waals surface area contributed by atoms with E-state index in [-0.39, 0.29) is 0 Å². The maximum Gasteiger partial charge on any atom is 0.195 e. The highest BCUT2D eigenvalue weighted by molar-refractivity contribution is 6.32. The molecule has 122 valence electrons. The molecule has 1 fully saturated rings. The minimum atomic E-state index is 0.345. The average molecular weight is 331 g/mol. The van der Waals surface area contributed by atoms with Gasteiger partial charge in [-0.2, -0.15) is 0 Å². The summed E-state index contributed by atoms with van der Waals surface area (Å²) in [4.78, 5) is 9.11. The van der Waals surface area contributed by atoms with Crippen LogP contribution < -0.4 is 0 Å². The van der Waals surface area contributed by atoms with E-state index in [0.29, 0.717) is 16.5 Å². The minimum Gasteiger partial charge on any atom is -0.441 e. The number of fused-ring (bicyclic) bond motifs is 1. The molecular weight excluding hydrogens is 308 g/mol. The molecule has 2 heterocycles. The Hall–Kier alpha value is -1.35. The van der Waals surface area contributed by atoms with Gasteiger partial charge in [0, 0.05) is 12.1 Å². The molecule has 2 aromatic rings. The molecule has 2 aliphatic rings. The van der Waals surface area contributed by atoms with Crippen LogP contribution in [0.15, 0.2) is 16.7 Å². The standard InChI is InChI=1S/C19H23ClN2O/c1-12-5-6-13-9-14(18(20)22-17(12)13)15-11-21-16(23-15)10-19(2)7-3-4-8-19/h9,11-12H,3-8,10H2,1-2H3. The van der Waals surface area contributed by atoms with Gasteiger partial charge >= 0.3 is 0 Å². The van der Waals surface area contributed by atoms with Gasteiger partial charge in [-0.1, -0.05) is 38.3 Å². The zero-order chi connectivity index (χ0) is 16.0. The highest BCUT2D eigenvalue weighted by atomic mass is 35.5. The predicted octanol–water partition coefficient (Wildman–Crippen LogP) is 5.56. The molecule has 2 aromatic heterocycles. The van der Waals surface area contributed by atoms with Crippen molar-refractivity contribution in [1.82, 2.24) is 9.97 Å². The van der Waals surface area contributed by atoms with Crippen LogP contribution >= 0.6 is 11.6 Å². The maximum absolute atomic E-state index is 6.42. The highest BCUT2D eigenvalue weighted by Gasteiger charge is 2.31. The quantitative estimate of drug-likeness (QED) is 0.691. The zero-order valence-electron chi connectivity index (χ0n) is 13.9. The molecule has 0 N–H and O–H groups in total. The normalized spacial score (nSPS) is 22.5. The average Bonchev–Trinajstić information content (AvgIpc) is 3.22. The Morgan fingerprint density at radius 2 is 2.13 bits per heavy atom. The molecule has 0 radical (unpaired) electrons. The number of pyridine rings is 1. The Kier molecular flexibility index (Phi) is 3.72. The van der Waals surface area contributed by atoms with Gasteiger partial charge in [-0.3, -0.25) is 0 Å². The fraction of sp³-hybridized carbons (Fsp3) is 0.579. The molecule has 0 bridgehead atoms. The number of nitrogens with zero attached hydrogens (tertiary/aromatic N) is 2. The lowest BCUT2D eigenvalue weighted by Crippen LogP contribution is -2.14. The molecule has 0 aliphatic heterocycles. The first-order valence-corrected chi connectivity index (χ1v) is 9.06. The maximum atomic E-state index is 6.42. The monoisotopic (exact) mass is 330 g/mol. The van der Waals surface area contributed by atoms with E-state index >= 15 is 0 Å². The molecular formula is C19H23ClN2O. The molecule has 0 amide bonds. The van der Waals surface area contributed by atoms with Gasteiger partial charge in [-0.15, -0.1) is 0 Å². The lowest BCUT2D eigenvalue weighted by atomic mass is 9.85. The smallest absolute Gasteiger partial charge is 0.195 e. The summed E-state index contributed by atoms with van der Waals surface area (Å²) in [6, 6.07) is 2.15. The van der Waals surface area contributed by atoms with E-state index in [9.17, 15) is 0 Å². The second-order valence-corrected chi connectivity index (χ2v) is 7.98. The third-order valence-corrected chi connectivity index (χ3v) is 5.90. The van der Waals surface area contributed by atoms with E-state index < -0.39 is 0 Å². The molecule has 4 rings (SSSR count). The number of rotatable bonds is 3. The van der Waals surface area contributed by atoms with E-state index in [2.05, 4.69) is 29.9 Å². The van der Waals surface area contributed by atoms with Crippen molar-refractivity contribution in [1.29, 1.82) is 0 Å². The van der Waals surface area contributed by atoms with Crippen LogP contribution in [0.5, 0.6) is 0 Å². The number of aromatic nitrogens is 2. The zero-order valence-corrected chi connectivity index (χ0v) is 14.6. The Bertz CT molecular complexity index is 731. The molecule has 0 saturated heterocycles. The Morgan fingerprint density at radius 3 is 2.91 bits per heavy atom. The molecule has 4 heteroatoms. The summed E-state index contributed by atoms with van der Waals surface area (Å²) in [5.74, 6) is 2.08. The Morgan fingerprint density at radius 1 is 1.35 bits per heavy atom. The van der Waals surface area contributed by atoms with Gasteiger partial charge < -0.3 is 4.42 Å². The van der Waals surface area contributed by atoms with Gasteiger partial charge in [-0.05, 0) is 48.6 Å². The SMILES string of the molecule is CC1CCc2cc(-c3cnc(CC4(C)CCCC4)o3)c(Cl)nc21. The van der Waals surface area contributed by atoms with E-state index in [1.54, 1.807) is 6.20 Å². The summed E-state index contributed by atoms with van der Waals surface area (Å²) in [5, 5.41) is 0.535. The number of hydrogen-bond donors (Lipinski definition) is 0. The van der Waals surface area contributed by atoms with Crippen molar-refractivity contribution in [3.63, 3.8) is 0 Å². The third-order valence-electron chi connectivity index (χ3n) is 5.61. The summed E-state index contributed by atoms with van der Waals surface area (Å²) in [6.45, 7) is 4.55. The highest BCUT2D eigenvalue weighted by Crippen LogP contribution is 2.41. The number of halogens is 1. The van der Waals surface area contributed by atoms with Crippen LogP contribution in [-0.4, -0.2) is 9.97 Å². The van der Waals surface area contributed by atoms with Crippen molar-refractivity contribution < 1.29 is 4.42 Å². The fourth-order valence-corrected chi connectivity index (χ4v) is 4.38. The first-order chi connectivity index (χ1) is 11.0. The first-order valence-electron chi connectivity index (χ1n) is 8.68. The summed E-state index contributed by atoms with van der Waals surface area (Å²) >= 11 is 6.42. The third kappa shape index (κ3) is 2.80. The second kappa shape index (κ2) is 5.62. The van der Waals surface area contributed by atoms with Gasteiger partial charge in [0.1, 0.15) is 5.15 Å². The number of aryl methyl sites for hydroxylation is 1. The van der Waals surface area contributed by atoms with Crippen molar-refractivity contribution in [3.05, 3.63) is 34.6 Å². The summed E-state index contributed by atoms with van der Waals surface area (Å²) < 4.78 is 6.03. The summed E-state index contributed by atoms with van der Waals surface area (Å²) in [7, 11) is 0. The van der Waals surface area contributed by atoms with Crippen LogP contribution in [0.1, 0.15) is 69.0 Å². The van der Waals surface area contributed by atoms with Gasteiger partial charge in [-0.25, -0.2) is 9.97 Å². The van der Waals surface area contributed by atoms with Crippen molar-refractivity contribution in [2.75, 3.05) is 0 Å². The second-order valence-electron chi connectivity index (χ2n) is 7.62. The van der Waals surface area contributed by atoms with Crippen molar-refractivity contribution in [2.24, 2.45) is 5.41 Å². The van der Waals surface area contributed by atoms with Gasteiger partial charge in [0.25, 0.3) is 0 Å². The number of hydrogen-bond acceptors (Lipinski definition) is 3. The Balaban J connectivity index is 1.62. The lowest BCUT2D eigenvalue weighted by molar-refractivity contribution is 0.300. The molecule has 23 heavy (non-hydrogen) atoms. The van der Waals surface area contributed by atoms with Gasteiger partial charge in [0.2, 0.25) is 0 Å². The molecule has 1 saturated carbocycles. The van der Waals surface area contributed by atoms with Crippen LogP contribution in [0.25, 0.3) is 11.3 Å². The molecule has 0 spiro atoms. The molecule has 3 nitrogen and oxygen atoms in total. The van der Waals surface area contributed by atoms with Crippen molar-refractivity contribution in [2.45, 2.75) is 64.7 Å². The lowest BCUT2D eigenvalue weighted by Gasteiger charge is -2.20. The largest absolute Gasteiger partial charge is 0.441 e. The van der Waals surface area contributed by atoms with E-state index in [1.165, 1.54) is 31.2 Å². The van der Waals surface area contributed by atoms with Crippen molar-refractivity contribution in [3.8, 4) is 11.3 Å². The minimum absolute atomic E-state index is 0.345. The first kappa shape index (κ1) is 15.2. The van der Waals surface area contributed by atoms with E-state index in [4.69, 9.17) is 16.0 Å². The van der Waals surface area contributed by atoms with Crippen LogP contribution in [-0.2, 0) is 12.8 Å². The molecule has 1 unspecified atom stereocenters.